The van der Waals surface area contributed by atoms with Crippen molar-refractivity contribution in [1.82, 2.24) is 4.57 Å². The molecule has 3 heteroatoms. The van der Waals surface area contributed by atoms with E-state index in [1.807, 2.05) is 0 Å². The van der Waals surface area contributed by atoms with Crippen molar-refractivity contribution in [2.75, 3.05) is 38.0 Å². The molecule has 0 aliphatic rings. The molecule has 0 saturated heterocycles. The molecule has 0 aliphatic carbocycles. The number of para-hydroxylation sites is 2. The van der Waals surface area contributed by atoms with Gasteiger partial charge in [-0.15, -0.1) is 0 Å². The Morgan fingerprint density at radius 2 is 1.15 bits per heavy atom. The quantitative estimate of drug-likeness (QED) is 0.257. The average molecular weight is 448 g/mol. The third-order valence-corrected chi connectivity index (χ3v) is 6.94. The van der Waals surface area contributed by atoms with Crippen LogP contribution in [0.2, 0.25) is 0 Å². The standard InChI is InChI=1S/C31H33N3/c1-6-34-29-13-8-7-10-26(29)27-11-9-12-28(31(27)34)30(22-14-18-24(19-15-22)32(2)3)23-16-20-25(21-17-23)33(4)5/h7-21,30H,6H2,1-5H3. The van der Waals surface area contributed by atoms with Gasteiger partial charge in [0.25, 0.3) is 0 Å². The van der Waals surface area contributed by atoms with E-state index in [-0.39, 0.29) is 5.92 Å². The minimum absolute atomic E-state index is 0.144. The molecule has 4 aromatic carbocycles. The van der Waals surface area contributed by atoms with E-state index in [1.54, 1.807) is 0 Å². The van der Waals surface area contributed by atoms with Gasteiger partial charge in [0.15, 0.2) is 0 Å². The Bertz CT molecular complexity index is 1370. The smallest absolute Gasteiger partial charge is 0.0533 e. The molecule has 0 aliphatic heterocycles. The second-order valence-electron chi connectivity index (χ2n) is 9.41. The molecule has 1 aromatic heterocycles. The molecule has 0 saturated carbocycles. The summed E-state index contributed by atoms with van der Waals surface area (Å²) in [5.74, 6) is 0.144. The summed E-state index contributed by atoms with van der Waals surface area (Å²) >= 11 is 0. The van der Waals surface area contributed by atoms with Crippen molar-refractivity contribution in [3.8, 4) is 0 Å². The Labute approximate surface area is 202 Å². The van der Waals surface area contributed by atoms with Crippen LogP contribution in [0, 0.1) is 0 Å². The lowest BCUT2D eigenvalue weighted by atomic mass is 9.84. The normalized spacial score (nSPS) is 11.5. The van der Waals surface area contributed by atoms with Gasteiger partial charge < -0.3 is 14.4 Å². The number of nitrogens with zero attached hydrogens (tertiary/aromatic N) is 3. The molecule has 0 N–H and O–H groups in total. The molecule has 0 atom stereocenters. The van der Waals surface area contributed by atoms with E-state index >= 15 is 0 Å². The third-order valence-electron chi connectivity index (χ3n) is 6.94. The largest absolute Gasteiger partial charge is 0.378 e. The third kappa shape index (κ3) is 3.71. The number of hydrogen-bond acceptors (Lipinski definition) is 2. The van der Waals surface area contributed by atoms with Crippen molar-refractivity contribution in [2.45, 2.75) is 19.4 Å². The zero-order chi connectivity index (χ0) is 23.8. The topological polar surface area (TPSA) is 11.4 Å². The number of benzene rings is 4. The predicted molar refractivity (Wildman–Crippen MR) is 148 cm³/mol. The first-order valence-electron chi connectivity index (χ1n) is 12.0. The second kappa shape index (κ2) is 8.90. The van der Waals surface area contributed by atoms with E-state index in [0.717, 1.165) is 6.54 Å². The van der Waals surface area contributed by atoms with Crippen LogP contribution in [0.25, 0.3) is 21.8 Å². The van der Waals surface area contributed by atoms with Crippen LogP contribution < -0.4 is 9.80 Å². The van der Waals surface area contributed by atoms with Crippen molar-refractivity contribution < 1.29 is 0 Å². The summed E-state index contributed by atoms with van der Waals surface area (Å²) in [6.45, 7) is 3.18. The van der Waals surface area contributed by atoms with Crippen molar-refractivity contribution in [2.24, 2.45) is 0 Å². The van der Waals surface area contributed by atoms with Crippen LogP contribution in [-0.4, -0.2) is 32.8 Å². The summed E-state index contributed by atoms with van der Waals surface area (Å²) in [5, 5.41) is 2.65. The van der Waals surface area contributed by atoms with E-state index in [9.17, 15) is 0 Å². The number of rotatable bonds is 6. The molecular weight excluding hydrogens is 414 g/mol. The zero-order valence-electron chi connectivity index (χ0n) is 20.8. The van der Waals surface area contributed by atoms with Gasteiger partial charge in [0.1, 0.15) is 0 Å². The summed E-state index contributed by atoms with van der Waals surface area (Å²) in [7, 11) is 8.36. The van der Waals surface area contributed by atoms with Crippen molar-refractivity contribution in [3.63, 3.8) is 0 Å². The van der Waals surface area contributed by atoms with Gasteiger partial charge in [0.2, 0.25) is 0 Å². The SMILES string of the molecule is CCn1c2ccccc2c2cccc(C(c3ccc(N(C)C)cc3)c3ccc(N(C)C)cc3)c21. The number of aromatic nitrogens is 1. The van der Waals surface area contributed by atoms with Gasteiger partial charge in [-0.05, 0) is 53.9 Å². The lowest BCUT2D eigenvalue weighted by Crippen LogP contribution is -2.11. The molecule has 0 radical (unpaired) electrons. The minimum atomic E-state index is 0.144. The molecule has 0 amide bonds. The van der Waals surface area contributed by atoms with E-state index in [1.165, 1.54) is 49.9 Å². The van der Waals surface area contributed by atoms with Gasteiger partial charge in [-0.2, -0.15) is 0 Å². The molecule has 172 valence electrons. The van der Waals surface area contributed by atoms with Crippen LogP contribution in [0.15, 0.2) is 91.0 Å². The Balaban J connectivity index is 1.78. The van der Waals surface area contributed by atoms with E-state index in [2.05, 4.69) is 140 Å². The molecule has 5 rings (SSSR count). The molecular formula is C31H33N3. The van der Waals surface area contributed by atoms with Crippen LogP contribution in [0.5, 0.6) is 0 Å². The Morgan fingerprint density at radius 1 is 0.618 bits per heavy atom. The van der Waals surface area contributed by atoms with Gasteiger partial charge >= 0.3 is 0 Å². The highest BCUT2D eigenvalue weighted by atomic mass is 15.1. The average Bonchev–Trinajstić information content (AvgIpc) is 3.19. The van der Waals surface area contributed by atoms with Crippen LogP contribution in [-0.2, 0) is 6.54 Å². The van der Waals surface area contributed by atoms with Gasteiger partial charge in [-0.3, -0.25) is 0 Å². The first-order chi connectivity index (χ1) is 16.5. The van der Waals surface area contributed by atoms with Gasteiger partial charge in [0, 0.05) is 68.3 Å². The molecule has 0 unspecified atom stereocenters. The molecule has 1 heterocycles. The van der Waals surface area contributed by atoms with Crippen molar-refractivity contribution in [1.29, 1.82) is 0 Å². The first kappa shape index (κ1) is 22.1. The molecule has 0 spiro atoms. The van der Waals surface area contributed by atoms with Gasteiger partial charge in [-0.1, -0.05) is 60.7 Å². The molecule has 3 nitrogen and oxygen atoms in total. The van der Waals surface area contributed by atoms with Crippen LogP contribution in [0.4, 0.5) is 11.4 Å². The first-order valence-corrected chi connectivity index (χ1v) is 12.0. The maximum atomic E-state index is 2.48. The number of aryl methyl sites for hydroxylation is 1. The van der Waals surface area contributed by atoms with Crippen molar-refractivity contribution >= 4 is 33.2 Å². The number of hydrogen-bond donors (Lipinski definition) is 0. The predicted octanol–water partition coefficient (Wildman–Crippen LogP) is 7.13. The van der Waals surface area contributed by atoms with Crippen LogP contribution in [0.3, 0.4) is 0 Å². The summed E-state index contributed by atoms with van der Waals surface area (Å²) in [5.41, 5.74) is 9.04. The Hall–Kier alpha value is -3.72. The second-order valence-corrected chi connectivity index (χ2v) is 9.41. The molecule has 0 bridgehead atoms. The fourth-order valence-corrected chi connectivity index (χ4v) is 5.18. The highest BCUT2D eigenvalue weighted by Crippen LogP contribution is 2.40. The summed E-state index contributed by atoms with van der Waals surface area (Å²) in [6, 6.07) is 33.7. The Morgan fingerprint density at radius 3 is 1.68 bits per heavy atom. The number of anilines is 2. The zero-order valence-corrected chi connectivity index (χ0v) is 20.8. The lowest BCUT2D eigenvalue weighted by molar-refractivity contribution is 0.818. The minimum Gasteiger partial charge on any atom is -0.378 e. The van der Waals surface area contributed by atoms with Crippen LogP contribution >= 0.6 is 0 Å². The van der Waals surface area contributed by atoms with Gasteiger partial charge in [-0.25, -0.2) is 0 Å². The van der Waals surface area contributed by atoms with E-state index < -0.39 is 0 Å². The van der Waals surface area contributed by atoms with Crippen LogP contribution in [0.1, 0.15) is 29.5 Å². The lowest BCUT2D eigenvalue weighted by Gasteiger charge is -2.23. The summed E-state index contributed by atoms with van der Waals surface area (Å²) in [6.07, 6.45) is 0. The van der Waals surface area contributed by atoms with E-state index in [0.29, 0.717) is 0 Å². The highest BCUT2D eigenvalue weighted by molar-refractivity contribution is 6.09. The fourth-order valence-electron chi connectivity index (χ4n) is 5.18. The summed E-state index contributed by atoms with van der Waals surface area (Å²) in [4.78, 5) is 4.31. The fraction of sp³-hybridized carbons (Fsp3) is 0.226. The molecule has 34 heavy (non-hydrogen) atoms. The van der Waals surface area contributed by atoms with Gasteiger partial charge in [0.05, 0.1) is 5.52 Å². The summed E-state index contributed by atoms with van der Waals surface area (Å²) < 4.78 is 2.48. The molecule has 0 fully saturated rings. The maximum Gasteiger partial charge on any atom is 0.0533 e. The van der Waals surface area contributed by atoms with E-state index in [4.69, 9.17) is 0 Å². The monoisotopic (exact) mass is 447 g/mol. The number of fused-ring (bicyclic) bond motifs is 3. The van der Waals surface area contributed by atoms with Crippen molar-refractivity contribution in [3.05, 3.63) is 108 Å². The Kier molecular flexibility index (Phi) is 5.79. The maximum absolute atomic E-state index is 2.48. The highest BCUT2D eigenvalue weighted by Gasteiger charge is 2.23. The molecule has 5 aromatic rings.